The normalized spacial score (nSPS) is 13.2. The van der Waals surface area contributed by atoms with E-state index in [9.17, 15) is 9.90 Å². The third kappa shape index (κ3) is 5.74. The lowest BCUT2D eigenvalue weighted by molar-refractivity contribution is 0.0868. The van der Waals surface area contributed by atoms with Crippen LogP contribution in [0, 0.1) is 12.3 Å². The van der Waals surface area contributed by atoms with Crippen LogP contribution >= 0.6 is 15.9 Å². The summed E-state index contributed by atoms with van der Waals surface area (Å²) >= 11 is 3.36. The second-order valence-electron chi connectivity index (χ2n) is 6.09. The van der Waals surface area contributed by atoms with E-state index in [0.29, 0.717) is 12.0 Å². The largest absolute Gasteiger partial charge is 0.391 e. The standard InChI is InChI=1S/C15H22BrNO2/c1-10-5-6-11(16)7-13(10)14(19)17-9-12(18)8-15(2,3)4/h5-7,12,18H,8-9H2,1-4H3,(H,17,19). The van der Waals surface area contributed by atoms with Crippen LogP contribution in [0.2, 0.25) is 0 Å². The van der Waals surface area contributed by atoms with Gasteiger partial charge in [-0.2, -0.15) is 0 Å². The van der Waals surface area contributed by atoms with E-state index in [-0.39, 0.29) is 17.9 Å². The van der Waals surface area contributed by atoms with Crippen molar-refractivity contribution in [2.75, 3.05) is 6.54 Å². The SMILES string of the molecule is Cc1ccc(Br)cc1C(=O)NCC(O)CC(C)(C)C. The Labute approximate surface area is 123 Å². The lowest BCUT2D eigenvalue weighted by Gasteiger charge is -2.22. The number of benzene rings is 1. The van der Waals surface area contributed by atoms with Gasteiger partial charge in [0, 0.05) is 16.6 Å². The number of aliphatic hydroxyl groups is 1. The van der Waals surface area contributed by atoms with Crippen molar-refractivity contribution >= 4 is 21.8 Å². The molecule has 0 heterocycles. The van der Waals surface area contributed by atoms with Crippen LogP contribution in [-0.4, -0.2) is 23.7 Å². The monoisotopic (exact) mass is 327 g/mol. The molecule has 0 spiro atoms. The molecular formula is C15H22BrNO2. The number of carbonyl (C=O) groups excluding carboxylic acids is 1. The summed E-state index contributed by atoms with van der Waals surface area (Å²) in [6.07, 6.45) is 0.140. The summed E-state index contributed by atoms with van der Waals surface area (Å²) in [5.41, 5.74) is 1.61. The highest BCUT2D eigenvalue weighted by Crippen LogP contribution is 2.20. The summed E-state index contributed by atoms with van der Waals surface area (Å²) in [5, 5.41) is 12.7. The number of nitrogens with one attached hydrogen (secondary N) is 1. The number of aliphatic hydroxyl groups excluding tert-OH is 1. The molecular weight excluding hydrogens is 306 g/mol. The summed E-state index contributed by atoms with van der Waals surface area (Å²) in [6.45, 7) is 8.37. The van der Waals surface area contributed by atoms with Gasteiger partial charge in [-0.15, -0.1) is 0 Å². The molecule has 1 aromatic carbocycles. The predicted molar refractivity (Wildman–Crippen MR) is 81.3 cm³/mol. The lowest BCUT2D eigenvalue weighted by Crippen LogP contribution is -2.34. The van der Waals surface area contributed by atoms with Gasteiger partial charge in [0.1, 0.15) is 0 Å². The molecule has 0 aromatic heterocycles. The van der Waals surface area contributed by atoms with Gasteiger partial charge in [0.05, 0.1) is 6.10 Å². The molecule has 1 amide bonds. The van der Waals surface area contributed by atoms with Crippen LogP contribution in [0.1, 0.15) is 43.1 Å². The first-order chi connectivity index (χ1) is 8.69. The Kier molecular flexibility index (Phi) is 5.56. The van der Waals surface area contributed by atoms with Crippen LogP contribution in [0.4, 0.5) is 0 Å². The zero-order valence-corrected chi connectivity index (χ0v) is 13.5. The minimum absolute atomic E-state index is 0.0514. The maximum atomic E-state index is 12.0. The van der Waals surface area contributed by atoms with Crippen molar-refractivity contribution in [3.05, 3.63) is 33.8 Å². The molecule has 2 N–H and O–H groups in total. The molecule has 0 saturated carbocycles. The van der Waals surface area contributed by atoms with Crippen molar-refractivity contribution in [3.8, 4) is 0 Å². The predicted octanol–water partition coefficient (Wildman–Crippen LogP) is 3.28. The van der Waals surface area contributed by atoms with Crippen molar-refractivity contribution in [3.63, 3.8) is 0 Å². The Bertz CT molecular complexity index is 452. The van der Waals surface area contributed by atoms with Crippen LogP contribution in [0.15, 0.2) is 22.7 Å². The van der Waals surface area contributed by atoms with Crippen LogP contribution in [0.25, 0.3) is 0 Å². The Morgan fingerprint density at radius 3 is 2.63 bits per heavy atom. The average Bonchev–Trinajstić information content (AvgIpc) is 2.27. The zero-order valence-electron chi connectivity index (χ0n) is 12.0. The maximum Gasteiger partial charge on any atom is 0.251 e. The van der Waals surface area contributed by atoms with Crippen LogP contribution in [0.3, 0.4) is 0 Å². The van der Waals surface area contributed by atoms with E-state index < -0.39 is 6.10 Å². The number of amides is 1. The molecule has 0 fully saturated rings. The second-order valence-corrected chi connectivity index (χ2v) is 7.00. The highest BCUT2D eigenvalue weighted by Gasteiger charge is 2.18. The number of rotatable bonds is 4. The molecule has 0 bridgehead atoms. The first-order valence-corrected chi connectivity index (χ1v) is 7.21. The summed E-state index contributed by atoms with van der Waals surface area (Å²) < 4.78 is 0.874. The zero-order chi connectivity index (χ0) is 14.6. The van der Waals surface area contributed by atoms with E-state index in [1.807, 2.05) is 19.1 Å². The molecule has 4 heteroatoms. The fourth-order valence-corrected chi connectivity index (χ4v) is 2.28. The van der Waals surface area contributed by atoms with Crippen molar-refractivity contribution in [1.29, 1.82) is 0 Å². The molecule has 19 heavy (non-hydrogen) atoms. The van der Waals surface area contributed by atoms with Crippen molar-refractivity contribution in [2.45, 2.75) is 40.2 Å². The molecule has 0 aliphatic heterocycles. The van der Waals surface area contributed by atoms with E-state index >= 15 is 0 Å². The number of halogens is 1. The van der Waals surface area contributed by atoms with E-state index in [4.69, 9.17) is 0 Å². The van der Waals surface area contributed by atoms with E-state index in [1.54, 1.807) is 6.07 Å². The van der Waals surface area contributed by atoms with Gasteiger partial charge in [-0.05, 0) is 36.5 Å². The third-order valence-electron chi connectivity index (χ3n) is 2.79. The summed E-state index contributed by atoms with van der Waals surface area (Å²) in [7, 11) is 0. The number of carbonyl (C=O) groups is 1. The fourth-order valence-electron chi connectivity index (χ4n) is 1.92. The maximum absolute atomic E-state index is 12.0. The van der Waals surface area contributed by atoms with Crippen molar-refractivity contribution < 1.29 is 9.90 Å². The average molecular weight is 328 g/mol. The van der Waals surface area contributed by atoms with Gasteiger partial charge in [-0.25, -0.2) is 0 Å². The molecule has 0 aliphatic rings. The summed E-state index contributed by atoms with van der Waals surface area (Å²) in [6, 6.07) is 5.59. The Hall–Kier alpha value is -0.870. The van der Waals surface area contributed by atoms with Gasteiger partial charge in [-0.1, -0.05) is 42.8 Å². The highest BCUT2D eigenvalue weighted by molar-refractivity contribution is 9.10. The molecule has 0 radical (unpaired) electrons. The fraction of sp³-hybridized carbons (Fsp3) is 0.533. The molecule has 106 valence electrons. The Balaban J connectivity index is 2.58. The first-order valence-electron chi connectivity index (χ1n) is 6.41. The smallest absolute Gasteiger partial charge is 0.251 e. The second kappa shape index (κ2) is 6.53. The van der Waals surface area contributed by atoms with E-state index in [1.165, 1.54) is 0 Å². The quantitative estimate of drug-likeness (QED) is 0.891. The van der Waals surface area contributed by atoms with Gasteiger partial charge < -0.3 is 10.4 Å². The summed E-state index contributed by atoms with van der Waals surface area (Å²) in [5.74, 6) is -0.147. The molecule has 0 aliphatic carbocycles. The molecule has 1 atom stereocenters. The van der Waals surface area contributed by atoms with Gasteiger partial charge >= 0.3 is 0 Å². The van der Waals surface area contributed by atoms with Crippen LogP contribution in [0.5, 0.6) is 0 Å². The Morgan fingerprint density at radius 1 is 1.42 bits per heavy atom. The van der Waals surface area contributed by atoms with Gasteiger partial charge in [-0.3, -0.25) is 4.79 Å². The van der Waals surface area contributed by atoms with E-state index in [2.05, 4.69) is 42.0 Å². The van der Waals surface area contributed by atoms with Crippen molar-refractivity contribution in [2.24, 2.45) is 5.41 Å². The van der Waals surface area contributed by atoms with Crippen molar-refractivity contribution in [1.82, 2.24) is 5.32 Å². The first kappa shape index (κ1) is 16.2. The molecule has 3 nitrogen and oxygen atoms in total. The van der Waals surface area contributed by atoms with Gasteiger partial charge in [0.25, 0.3) is 5.91 Å². The lowest BCUT2D eigenvalue weighted by atomic mass is 9.89. The third-order valence-corrected chi connectivity index (χ3v) is 3.28. The minimum Gasteiger partial charge on any atom is -0.391 e. The van der Waals surface area contributed by atoms with Crippen LogP contribution < -0.4 is 5.32 Å². The van der Waals surface area contributed by atoms with E-state index in [0.717, 1.165) is 10.0 Å². The molecule has 1 aromatic rings. The molecule has 1 rings (SSSR count). The number of hydrogen-bond acceptors (Lipinski definition) is 2. The minimum atomic E-state index is -0.517. The molecule has 0 saturated heterocycles. The highest BCUT2D eigenvalue weighted by atomic mass is 79.9. The van der Waals surface area contributed by atoms with Gasteiger partial charge in [0.15, 0.2) is 0 Å². The number of aryl methyl sites for hydroxylation is 1. The summed E-state index contributed by atoms with van der Waals surface area (Å²) in [4.78, 5) is 12.0. The van der Waals surface area contributed by atoms with Gasteiger partial charge in [0.2, 0.25) is 0 Å². The van der Waals surface area contributed by atoms with Crippen LogP contribution in [-0.2, 0) is 0 Å². The topological polar surface area (TPSA) is 49.3 Å². The Morgan fingerprint density at radius 2 is 2.05 bits per heavy atom. The molecule has 1 unspecified atom stereocenters. The number of hydrogen-bond donors (Lipinski definition) is 2.